The first kappa shape index (κ1) is 10.2. The molecule has 3 N–H and O–H groups in total. The average Bonchev–Trinajstić information content (AvgIpc) is 2.15. The molecule has 1 aromatic carbocycles. The number of benzene rings is 1. The monoisotopic (exact) mass is 220 g/mol. The zero-order chi connectivity index (χ0) is 11.7. The summed E-state index contributed by atoms with van der Waals surface area (Å²) >= 11 is 0. The zero-order valence-corrected chi connectivity index (χ0v) is 8.10. The van der Waals surface area contributed by atoms with E-state index in [4.69, 9.17) is 5.11 Å². The minimum atomic E-state index is -1.08. The number of carboxylic acid groups (broad SMARTS) is 1. The second kappa shape index (κ2) is 3.65. The Morgan fingerprint density at radius 2 is 2.19 bits per heavy atom. The van der Waals surface area contributed by atoms with E-state index in [2.05, 4.69) is 9.97 Å². The summed E-state index contributed by atoms with van der Waals surface area (Å²) in [7, 11) is 0. The molecule has 0 unspecified atom stereocenters. The Bertz CT molecular complexity index is 618. The summed E-state index contributed by atoms with van der Waals surface area (Å²) in [4.78, 5) is 28.3. The highest BCUT2D eigenvalue weighted by molar-refractivity contribution is 5.79. The number of nitrogens with one attached hydrogen (secondary N) is 1. The van der Waals surface area contributed by atoms with Gasteiger partial charge in [-0.15, -0.1) is 0 Å². The number of hydrogen-bond acceptors (Lipinski definition) is 4. The molecule has 0 atom stereocenters. The van der Waals surface area contributed by atoms with Crippen molar-refractivity contribution in [2.75, 3.05) is 0 Å². The van der Waals surface area contributed by atoms with Crippen LogP contribution in [0.2, 0.25) is 0 Å². The van der Waals surface area contributed by atoms with Gasteiger partial charge in [0.1, 0.15) is 18.0 Å². The molecule has 0 aliphatic heterocycles. The van der Waals surface area contributed by atoms with Crippen LogP contribution in [0.15, 0.2) is 23.0 Å². The highest BCUT2D eigenvalue weighted by Gasteiger charge is 2.07. The summed E-state index contributed by atoms with van der Waals surface area (Å²) in [5.41, 5.74) is -0.138. The summed E-state index contributed by atoms with van der Waals surface area (Å²) in [5.74, 6) is -1.04. The summed E-state index contributed by atoms with van der Waals surface area (Å²) in [6.45, 7) is 0. The third-order valence-corrected chi connectivity index (χ3v) is 2.06. The van der Waals surface area contributed by atoms with Crippen LogP contribution >= 0.6 is 0 Å². The number of hydrogen-bond donors (Lipinski definition) is 3. The third-order valence-electron chi connectivity index (χ3n) is 2.06. The second-order valence-corrected chi connectivity index (χ2v) is 3.28. The molecule has 1 aromatic heterocycles. The highest BCUT2D eigenvalue weighted by atomic mass is 16.4. The molecule has 2 rings (SSSR count). The van der Waals surface area contributed by atoms with Crippen LogP contribution in [0.25, 0.3) is 10.9 Å². The predicted octanol–water partition coefficient (Wildman–Crippen LogP) is 0.256. The van der Waals surface area contributed by atoms with Gasteiger partial charge < -0.3 is 15.2 Å². The van der Waals surface area contributed by atoms with E-state index >= 15 is 0 Å². The lowest BCUT2D eigenvalue weighted by Gasteiger charge is -2.00. The number of phenols is 1. The summed E-state index contributed by atoms with van der Waals surface area (Å²) in [6, 6.07) is 4.12. The fourth-order valence-corrected chi connectivity index (χ4v) is 1.40. The van der Waals surface area contributed by atoms with Crippen molar-refractivity contribution in [2.45, 2.75) is 6.42 Å². The number of aromatic amines is 1. The van der Waals surface area contributed by atoms with Gasteiger partial charge in [0.2, 0.25) is 0 Å². The minimum absolute atomic E-state index is 0.0214. The fraction of sp³-hybridized carbons (Fsp3) is 0.100. The van der Waals surface area contributed by atoms with Crippen LogP contribution in [0.5, 0.6) is 5.75 Å². The topological polar surface area (TPSA) is 103 Å². The van der Waals surface area contributed by atoms with Gasteiger partial charge in [-0.1, -0.05) is 0 Å². The molecular weight excluding hydrogens is 212 g/mol. The Morgan fingerprint density at radius 1 is 1.44 bits per heavy atom. The number of aromatic hydroxyl groups is 1. The van der Waals surface area contributed by atoms with Gasteiger partial charge in [0.05, 0.1) is 10.9 Å². The van der Waals surface area contributed by atoms with Crippen molar-refractivity contribution >= 4 is 16.9 Å². The first-order valence-electron chi connectivity index (χ1n) is 4.50. The summed E-state index contributed by atoms with van der Waals surface area (Å²) in [6.07, 6.45) is -0.360. The number of carboxylic acids is 1. The SMILES string of the molecule is O=C(O)Cc1nc2cc(O)ccc2c(=O)[nH]1. The second-order valence-electron chi connectivity index (χ2n) is 3.28. The van der Waals surface area contributed by atoms with E-state index in [1.54, 1.807) is 0 Å². The molecular formula is C10H8N2O4. The lowest BCUT2D eigenvalue weighted by molar-refractivity contribution is -0.136. The smallest absolute Gasteiger partial charge is 0.311 e. The Morgan fingerprint density at radius 3 is 2.88 bits per heavy atom. The van der Waals surface area contributed by atoms with E-state index in [1.165, 1.54) is 18.2 Å². The van der Waals surface area contributed by atoms with Crippen LogP contribution in [0.1, 0.15) is 5.82 Å². The Labute approximate surface area is 89.2 Å². The number of rotatable bonds is 2. The quantitative estimate of drug-likeness (QED) is 0.673. The molecule has 82 valence electrons. The van der Waals surface area contributed by atoms with Gasteiger partial charge in [-0.25, -0.2) is 4.98 Å². The molecule has 0 aliphatic rings. The highest BCUT2D eigenvalue weighted by Crippen LogP contribution is 2.14. The van der Waals surface area contributed by atoms with Crippen LogP contribution < -0.4 is 5.56 Å². The molecule has 0 radical (unpaired) electrons. The molecule has 0 amide bonds. The van der Waals surface area contributed by atoms with Crippen molar-refractivity contribution in [1.82, 2.24) is 9.97 Å². The maximum atomic E-state index is 11.5. The fourth-order valence-electron chi connectivity index (χ4n) is 1.40. The molecule has 0 aliphatic carbocycles. The van der Waals surface area contributed by atoms with Crippen LogP contribution in [-0.2, 0) is 11.2 Å². The van der Waals surface area contributed by atoms with E-state index in [-0.39, 0.29) is 23.5 Å². The number of phenolic OH excluding ortho intramolecular Hbond substituents is 1. The number of nitrogens with zero attached hydrogens (tertiary/aromatic N) is 1. The zero-order valence-electron chi connectivity index (χ0n) is 8.10. The molecule has 16 heavy (non-hydrogen) atoms. The van der Waals surface area contributed by atoms with Crippen LogP contribution in [-0.4, -0.2) is 26.2 Å². The molecule has 0 spiro atoms. The van der Waals surface area contributed by atoms with Gasteiger partial charge in [0.25, 0.3) is 5.56 Å². The van der Waals surface area contributed by atoms with E-state index in [0.717, 1.165) is 0 Å². The number of aromatic nitrogens is 2. The normalized spacial score (nSPS) is 10.5. The summed E-state index contributed by atoms with van der Waals surface area (Å²) < 4.78 is 0. The van der Waals surface area contributed by atoms with Gasteiger partial charge in [-0.05, 0) is 12.1 Å². The van der Waals surface area contributed by atoms with Crippen molar-refractivity contribution < 1.29 is 15.0 Å². The van der Waals surface area contributed by atoms with Crippen molar-refractivity contribution in [3.63, 3.8) is 0 Å². The molecule has 0 fully saturated rings. The van der Waals surface area contributed by atoms with Crippen molar-refractivity contribution in [3.05, 3.63) is 34.4 Å². The average molecular weight is 220 g/mol. The van der Waals surface area contributed by atoms with Crippen molar-refractivity contribution in [3.8, 4) is 5.75 Å². The van der Waals surface area contributed by atoms with E-state index in [9.17, 15) is 14.7 Å². The molecule has 6 nitrogen and oxygen atoms in total. The van der Waals surface area contributed by atoms with Gasteiger partial charge in [-0.3, -0.25) is 9.59 Å². The largest absolute Gasteiger partial charge is 0.508 e. The number of H-pyrrole nitrogens is 1. The molecule has 0 saturated heterocycles. The van der Waals surface area contributed by atoms with E-state index in [1.807, 2.05) is 0 Å². The first-order chi connectivity index (χ1) is 7.56. The van der Waals surface area contributed by atoms with Crippen molar-refractivity contribution in [2.24, 2.45) is 0 Å². The number of carbonyl (C=O) groups is 1. The molecule has 1 heterocycles. The molecule has 0 bridgehead atoms. The number of fused-ring (bicyclic) bond motifs is 1. The molecule has 6 heteroatoms. The minimum Gasteiger partial charge on any atom is -0.508 e. The Hall–Kier alpha value is -2.37. The van der Waals surface area contributed by atoms with Crippen LogP contribution in [0.4, 0.5) is 0 Å². The van der Waals surface area contributed by atoms with Crippen LogP contribution in [0, 0.1) is 0 Å². The first-order valence-corrected chi connectivity index (χ1v) is 4.50. The standard InChI is InChI=1S/C10H8N2O4/c13-5-1-2-6-7(3-5)11-8(4-9(14)15)12-10(6)16/h1-3,13H,4H2,(H,14,15)(H,11,12,16). The lowest BCUT2D eigenvalue weighted by atomic mass is 10.2. The van der Waals surface area contributed by atoms with E-state index < -0.39 is 11.5 Å². The van der Waals surface area contributed by atoms with E-state index in [0.29, 0.717) is 5.39 Å². The lowest BCUT2D eigenvalue weighted by Crippen LogP contribution is -2.14. The maximum Gasteiger partial charge on any atom is 0.311 e. The van der Waals surface area contributed by atoms with Gasteiger partial charge in [-0.2, -0.15) is 0 Å². The Balaban J connectivity index is 2.65. The van der Waals surface area contributed by atoms with Gasteiger partial charge in [0.15, 0.2) is 0 Å². The molecule has 2 aromatic rings. The van der Waals surface area contributed by atoms with Gasteiger partial charge in [0, 0.05) is 6.07 Å². The summed E-state index contributed by atoms with van der Waals surface area (Å²) in [5, 5.41) is 18.1. The third kappa shape index (κ3) is 1.85. The number of aliphatic carboxylic acids is 1. The van der Waals surface area contributed by atoms with Crippen LogP contribution in [0.3, 0.4) is 0 Å². The van der Waals surface area contributed by atoms with Crippen molar-refractivity contribution in [1.29, 1.82) is 0 Å². The Kier molecular flexibility index (Phi) is 2.32. The maximum absolute atomic E-state index is 11.5. The molecule has 0 saturated carbocycles. The predicted molar refractivity (Wildman–Crippen MR) is 55.4 cm³/mol. The van der Waals surface area contributed by atoms with Gasteiger partial charge >= 0.3 is 5.97 Å².